The monoisotopic (exact) mass is 361 g/mol. The number of pyridine rings is 1. The lowest BCUT2D eigenvalue weighted by atomic mass is 10.0. The van der Waals surface area contributed by atoms with Crippen LogP contribution in [0.15, 0.2) is 46.3 Å². The van der Waals surface area contributed by atoms with Crippen molar-refractivity contribution in [2.24, 2.45) is 7.05 Å². The van der Waals surface area contributed by atoms with E-state index in [1.54, 1.807) is 31.6 Å². The first-order valence-corrected chi connectivity index (χ1v) is 9.11. The average molecular weight is 361 g/mol. The van der Waals surface area contributed by atoms with Crippen LogP contribution in [-0.2, 0) is 19.9 Å². The Morgan fingerprint density at radius 2 is 2.07 bits per heavy atom. The molecule has 0 radical (unpaired) electrons. The molecule has 0 saturated heterocycles. The van der Waals surface area contributed by atoms with Gasteiger partial charge >= 0.3 is 0 Å². The molecule has 0 N–H and O–H groups in total. The van der Waals surface area contributed by atoms with Crippen LogP contribution in [0.5, 0.6) is 0 Å². The van der Waals surface area contributed by atoms with Gasteiger partial charge < -0.3 is 13.6 Å². The molecule has 0 fully saturated rings. The van der Waals surface area contributed by atoms with E-state index in [0.717, 1.165) is 25.0 Å². The molecule has 0 bridgehead atoms. The molecule has 138 valence electrons. The fourth-order valence-electron chi connectivity index (χ4n) is 3.53. The lowest BCUT2D eigenvalue weighted by Crippen LogP contribution is -2.22. The van der Waals surface area contributed by atoms with Gasteiger partial charge in [0.15, 0.2) is 0 Å². The van der Waals surface area contributed by atoms with Crippen molar-refractivity contribution in [1.29, 1.82) is 5.26 Å². The molecule has 0 aromatic carbocycles. The van der Waals surface area contributed by atoms with E-state index in [-0.39, 0.29) is 11.1 Å². The van der Waals surface area contributed by atoms with Gasteiger partial charge in [-0.2, -0.15) is 5.26 Å². The summed E-state index contributed by atoms with van der Waals surface area (Å²) < 4.78 is 8.95. The lowest BCUT2D eigenvalue weighted by molar-refractivity contribution is 0.575. The third-order valence-corrected chi connectivity index (χ3v) is 4.87. The summed E-state index contributed by atoms with van der Waals surface area (Å²) in [6.45, 7) is 8.19. The van der Waals surface area contributed by atoms with Crippen LogP contribution in [0.4, 0.5) is 0 Å². The largest absolute Gasteiger partial charge is 0.463 e. The molecular formula is C22H23N3O2. The highest BCUT2D eigenvalue weighted by molar-refractivity contribution is 5.75. The van der Waals surface area contributed by atoms with Crippen LogP contribution in [-0.4, -0.2) is 9.13 Å². The van der Waals surface area contributed by atoms with Crippen molar-refractivity contribution < 1.29 is 4.42 Å². The third-order valence-electron chi connectivity index (χ3n) is 4.87. The first-order valence-electron chi connectivity index (χ1n) is 9.11. The van der Waals surface area contributed by atoms with Gasteiger partial charge in [-0.1, -0.05) is 26.8 Å². The Bertz CT molecular complexity index is 1080. The Balaban J connectivity index is 2.37. The minimum absolute atomic E-state index is 0.124. The van der Waals surface area contributed by atoms with Crippen LogP contribution in [0.1, 0.15) is 37.1 Å². The van der Waals surface area contributed by atoms with Crippen LogP contribution in [0.25, 0.3) is 28.9 Å². The summed E-state index contributed by atoms with van der Waals surface area (Å²) in [7, 11) is 1.65. The summed E-state index contributed by atoms with van der Waals surface area (Å²) in [6.07, 6.45) is 6.11. The van der Waals surface area contributed by atoms with E-state index in [1.807, 2.05) is 10.6 Å². The molecule has 0 aliphatic heterocycles. The van der Waals surface area contributed by atoms with Crippen LogP contribution >= 0.6 is 0 Å². The molecule has 5 nitrogen and oxygen atoms in total. The number of furan rings is 1. The average Bonchev–Trinajstić information content (AvgIpc) is 3.32. The van der Waals surface area contributed by atoms with E-state index in [0.29, 0.717) is 17.0 Å². The van der Waals surface area contributed by atoms with Crippen molar-refractivity contribution in [2.45, 2.75) is 33.1 Å². The quantitative estimate of drug-likeness (QED) is 0.644. The van der Waals surface area contributed by atoms with Crippen LogP contribution in [0.3, 0.4) is 0 Å². The third kappa shape index (κ3) is 3.04. The molecule has 0 aliphatic rings. The highest BCUT2D eigenvalue weighted by Crippen LogP contribution is 2.32. The Kier molecular flexibility index (Phi) is 5.18. The van der Waals surface area contributed by atoms with Crippen molar-refractivity contribution in [1.82, 2.24) is 9.13 Å². The summed E-state index contributed by atoms with van der Waals surface area (Å²) >= 11 is 0. The summed E-state index contributed by atoms with van der Waals surface area (Å²) in [5.74, 6) is 0.585. The SMILES string of the molecule is C=Cn1c(-c2cc(-c3ccco3)n(C)c(=O)c2C#N)cc(CC)c1CCC. The second-order valence-electron chi connectivity index (χ2n) is 6.43. The number of aromatic nitrogens is 2. The minimum Gasteiger partial charge on any atom is -0.463 e. The number of hydrogen-bond acceptors (Lipinski definition) is 3. The molecule has 0 unspecified atom stereocenters. The molecule has 0 amide bonds. The van der Waals surface area contributed by atoms with Gasteiger partial charge in [-0.05, 0) is 42.7 Å². The first-order chi connectivity index (χ1) is 13.1. The first kappa shape index (κ1) is 18.5. The van der Waals surface area contributed by atoms with Crippen molar-refractivity contribution in [3.05, 3.63) is 64.3 Å². The van der Waals surface area contributed by atoms with E-state index >= 15 is 0 Å². The summed E-state index contributed by atoms with van der Waals surface area (Å²) in [5.41, 5.74) is 4.21. The molecule has 3 heterocycles. The van der Waals surface area contributed by atoms with Gasteiger partial charge in [0.1, 0.15) is 17.4 Å². The maximum absolute atomic E-state index is 12.9. The van der Waals surface area contributed by atoms with Crippen molar-refractivity contribution >= 4 is 6.20 Å². The molecule has 3 aromatic heterocycles. The molecular weight excluding hydrogens is 338 g/mol. The summed E-state index contributed by atoms with van der Waals surface area (Å²) in [5, 5.41) is 9.68. The van der Waals surface area contributed by atoms with Crippen LogP contribution in [0, 0.1) is 11.3 Å². The molecule has 0 aliphatic carbocycles. The smallest absolute Gasteiger partial charge is 0.269 e. The molecule has 0 saturated carbocycles. The van der Waals surface area contributed by atoms with Crippen LogP contribution < -0.4 is 5.56 Å². The maximum Gasteiger partial charge on any atom is 0.269 e. The predicted molar refractivity (Wildman–Crippen MR) is 107 cm³/mol. The van der Waals surface area contributed by atoms with E-state index in [9.17, 15) is 10.1 Å². The fraction of sp³-hybridized carbons (Fsp3) is 0.273. The van der Waals surface area contributed by atoms with Gasteiger partial charge in [0.2, 0.25) is 0 Å². The topological polar surface area (TPSA) is 63.9 Å². The Labute approximate surface area is 158 Å². The number of hydrogen-bond donors (Lipinski definition) is 0. The molecule has 27 heavy (non-hydrogen) atoms. The number of nitrogens with zero attached hydrogens (tertiary/aromatic N) is 3. The van der Waals surface area contributed by atoms with Gasteiger partial charge in [0, 0.05) is 24.5 Å². The van der Waals surface area contributed by atoms with Crippen molar-refractivity contribution in [2.75, 3.05) is 0 Å². The van der Waals surface area contributed by atoms with Gasteiger partial charge in [0.05, 0.1) is 17.7 Å². The summed E-state index contributed by atoms with van der Waals surface area (Å²) in [4.78, 5) is 12.9. The molecule has 0 atom stereocenters. The minimum atomic E-state index is -0.340. The van der Waals surface area contributed by atoms with Crippen molar-refractivity contribution in [3.63, 3.8) is 0 Å². The Hall–Kier alpha value is -3.26. The Morgan fingerprint density at radius 3 is 2.63 bits per heavy atom. The van der Waals surface area contributed by atoms with E-state index in [2.05, 4.69) is 32.6 Å². The van der Waals surface area contributed by atoms with E-state index in [4.69, 9.17) is 4.42 Å². The maximum atomic E-state index is 12.9. The van der Waals surface area contributed by atoms with Gasteiger partial charge in [-0.25, -0.2) is 0 Å². The molecule has 3 rings (SSSR count). The predicted octanol–water partition coefficient (Wildman–Crippen LogP) is 4.60. The number of aryl methyl sites for hydroxylation is 1. The second kappa shape index (κ2) is 7.55. The number of rotatable bonds is 6. The highest BCUT2D eigenvalue weighted by atomic mass is 16.3. The van der Waals surface area contributed by atoms with Crippen molar-refractivity contribution in [3.8, 4) is 28.8 Å². The second-order valence-corrected chi connectivity index (χ2v) is 6.43. The standard InChI is InChI=1S/C22H23N3O2/c1-5-9-18-15(6-2)12-19(25(18)7-3)16-13-20(21-10-8-11-27-21)24(4)22(26)17(16)14-23/h7-8,10-13H,3,5-6,9H2,1-2,4H3. The zero-order chi connectivity index (χ0) is 19.6. The zero-order valence-corrected chi connectivity index (χ0v) is 16.0. The zero-order valence-electron chi connectivity index (χ0n) is 16.0. The number of nitriles is 1. The van der Waals surface area contributed by atoms with Gasteiger partial charge in [-0.3, -0.25) is 4.79 Å². The Morgan fingerprint density at radius 1 is 1.30 bits per heavy atom. The fourth-order valence-corrected chi connectivity index (χ4v) is 3.53. The van der Waals surface area contributed by atoms with Crippen LogP contribution in [0.2, 0.25) is 0 Å². The van der Waals surface area contributed by atoms with Gasteiger partial charge in [-0.15, -0.1) is 0 Å². The molecule has 0 spiro atoms. The molecule has 3 aromatic rings. The summed E-state index contributed by atoms with van der Waals surface area (Å²) in [6, 6.07) is 9.59. The highest BCUT2D eigenvalue weighted by Gasteiger charge is 2.21. The molecule has 5 heteroatoms. The van der Waals surface area contributed by atoms with E-state index in [1.165, 1.54) is 15.8 Å². The van der Waals surface area contributed by atoms with Gasteiger partial charge in [0.25, 0.3) is 5.56 Å². The normalized spacial score (nSPS) is 10.7. The lowest BCUT2D eigenvalue weighted by Gasteiger charge is -2.13. The van der Waals surface area contributed by atoms with E-state index < -0.39 is 0 Å².